The number of rotatable bonds is 9. The average Bonchev–Trinajstić information content (AvgIpc) is 3.00. The van der Waals surface area contributed by atoms with Crippen LogP contribution in [-0.4, -0.2) is 53.7 Å². The molecule has 1 radical (unpaired) electrons. The number of hydrogen-bond donors (Lipinski definition) is 1. The molecule has 1 rings (SSSR count). The van der Waals surface area contributed by atoms with Crippen LogP contribution in [0, 0.1) is 0 Å². The van der Waals surface area contributed by atoms with Crippen molar-refractivity contribution in [1.29, 1.82) is 0 Å². The third-order valence-electron chi connectivity index (χ3n) is 5.32. The summed E-state index contributed by atoms with van der Waals surface area (Å²) >= 11 is 0. The maximum Gasteiger partial charge on any atom is 0.298 e. The fraction of sp³-hybridized carbons (Fsp3) is 0.812. The van der Waals surface area contributed by atoms with Crippen molar-refractivity contribution in [3.63, 3.8) is 0 Å². The fourth-order valence-corrected chi connectivity index (χ4v) is 2.90. The Morgan fingerprint density at radius 1 is 1.32 bits per heavy atom. The number of nitrogens with one attached hydrogen (secondary N) is 1. The van der Waals surface area contributed by atoms with E-state index in [1.807, 2.05) is 25.7 Å². The molecule has 1 heterocycles. The van der Waals surface area contributed by atoms with E-state index in [9.17, 15) is 14.4 Å². The van der Waals surface area contributed by atoms with Gasteiger partial charge in [0.1, 0.15) is 17.8 Å². The highest BCUT2D eigenvalue weighted by Gasteiger charge is 2.43. The third kappa shape index (κ3) is 3.66. The summed E-state index contributed by atoms with van der Waals surface area (Å²) in [5, 5.41) is 3.00. The second-order valence-corrected chi connectivity index (χ2v) is 6.56. The van der Waals surface area contributed by atoms with Crippen molar-refractivity contribution in [1.82, 2.24) is 10.1 Å². The summed E-state index contributed by atoms with van der Waals surface area (Å²) < 4.78 is 0. The highest BCUT2D eigenvalue weighted by atomic mass is 16.1. The smallest absolute Gasteiger partial charge is 0.298 e. The van der Waals surface area contributed by atoms with Gasteiger partial charge in [-0.25, -0.2) is 0 Å². The lowest BCUT2D eigenvalue weighted by atomic mass is 9.70. The molecule has 1 aliphatic heterocycles. The topological polar surface area (TPSA) is 66.5 Å². The maximum atomic E-state index is 12.7. The van der Waals surface area contributed by atoms with Gasteiger partial charge in [-0.15, -0.1) is 0 Å². The van der Waals surface area contributed by atoms with E-state index in [1.54, 1.807) is 6.92 Å². The van der Waals surface area contributed by atoms with Gasteiger partial charge in [0, 0.05) is 0 Å². The van der Waals surface area contributed by atoms with Crippen LogP contribution in [-0.2, 0) is 14.4 Å². The molecule has 22 heavy (non-hydrogen) atoms. The zero-order valence-electron chi connectivity index (χ0n) is 14.4. The molecule has 6 heteroatoms. The van der Waals surface area contributed by atoms with Gasteiger partial charge in [-0.05, 0) is 53.0 Å². The van der Waals surface area contributed by atoms with Crippen molar-refractivity contribution in [3.05, 3.63) is 0 Å². The predicted octanol–water partition coefficient (Wildman–Crippen LogP) is 1.31. The van der Waals surface area contributed by atoms with Crippen LogP contribution in [0.4, 0.5) is 0 Å². The van der Waals surface area contributed by atoms with Crippen molar-refractivity contribution in [3.8, 4) is 0 Å². The van der Waals surface area contributed by atoms with E-state index in [-0.39, 0.29) is 17.5 Å². The first kappa shape index (κ1) is 19.0. The molecule has 1 aliphatic rings. The van der Waals surface area contributed by atoms with Crippen LogP contribution >= 0.6 is 0 Å². The molecule has 0 aromatic carbocycles. The van der Waals surface area contributed by atoms with Crippen LogP contribution in [0.25, 0.3) is 0 Å². The lowest BCUT2D eigenvalue weighted by molar-refractivity contribution is -0.125. The maximum absolute atomic E-state index is 12.7. The minimum absolute atomic E-state index is 0.00388. The number of carbonyl (C=O) groups is 3. The Kier molecular flexibility index (Phi) is 6.50. The van der Waals surface area contributed by atoms with Gasteiger partial charge in [0.05, 0.1) is 17.1 Å². The van der Waals surface area contributed by atoms with E-state index in [0.29, 0.717) is 12.8 Å². The number of Topliss-reactive ketones (excluding diaryl/α,β-unsaturated/α-hetero) is 1. The van der Waals surface area contributed by atoms with E-state index >= 15 is 0 Å². The molecule has 0 bridgehead atoms. The van der Waals surface area contributed by atoms with Gasteiger partial charge in [-0.1, -0.05) is 13.8 Å². The lowest BCUT2D eigenvalue weighted by Gasteiger charge is -2.40. The van der Waals surface area contributed by atoms with Gasteiger partial charge >= 0.3 is 0 Å². The fourth-order valence-electron chi connectivity index (χ4n) is 2.90. The van der Waals surface area contributed by atoms with Crippen LogP contribution < -0.4 is 5.23 Å². The second kappa shape index (κ2) is 7.51. The summed E-state index contributed by atoms with van der Waals surface area (Å²) in [5.74, 6) is 0.00388. The first-order valence-corrected chi connectivity index (χ1v) is 8.13. The molecule has 0 aromatic rings. The number of nitrogens with zero attached hydrogens (tertiary/aromatic N) is 1. The third-order valence-corrected chi connectivity index (χ3v) is 5.32. The highest BCUT2D eigenvalue weighted by Crippen LogP contribution is 2.29. The zero-order chi connectivity index (χ0) is 17.0. The summed E-state index contributed by atoms with van der Waals surface area (Å²) in [4.78, 5) is 37.7. The molecule has 1 N–H and O–H groups in total. The summed E-state index contributed by atoms with van der Waals surface area (Å²) in [6.07, 6.45) is 3.90. The Hall–Kier alpha value is -1.01. The molecular weight excluding hydrogens is 279 g/mol. The van der Waals surface area contributed by atoms with Crippen molar-refractivity contribution in [2.24, 2.45) is 0 Å². The molecule has 0 spiro atoms. The predicted molar refractivity (Wildman–Crippen MR) is 87.8 cm³/mol. The van der Waals surface area contributed by atoms with E-state index in [4.69, 9.17) is 0 Å². The molecule has 0 amide bonds. The van der Waals surface area contributed by atoms with E-state index in [2.05, 4.69) is 5.23 Å². The number of likely N-dealkylation sites (tertiary alicyclic amines) is 1. The van der Waals surface area contributed by atoms with Gasteiger partial charge in [0.15, 0.2) is 0 Å². The zero-order valence-corrected chi connectivity index (χ0v) is 14.4. The van der Waals surface area contributed by atoms with E-state index < -0.39 is 11.1 Å². The van der Waals surface area contributed by atoms with E-state index in [0.717, 1.165) is 25.7 Å². The molecule has 1 fully saturated rings. The van der Waals surface area contributed by atoms with Gasteiger partial charge in [-0.2, -0.15) is 0 Å². The second-order valence-electron chi connectivity index (χ2n) is 6.56. The Balaban J connectivity index is 2.84. The molecule has 5 nitrogen and oxygen atoms in total. The first-order chi connectivity index (χ1) is 10.2. The van der Waals surface area contributed by atoms with Gasteiger partial charge < -0.3 is 14.8 Å². The highest BCUT2D eigenvalue weighted by molar-refractivity contribution is 6.74. The number of hydrogen-bond acceptors (Lipinski definition) is 5. The van der Waals surface area contributed by atoms with Crippen LogP contribution in [0.15, 0.2) is 0 Å². The molecule has 3 atom stereocenters. The molecule has 0 aliphatic carbocycles. The van der Waals surface area contributed by atoms with Crippen LogP contribution in [0.3, 0.4) is 0 Å². The first-order valence-electron chi connectivity index (χ1n) is 8.13. The summed E-state index contributed by atoms with van der Waals surface area (Å²) in [7, 11) is 1.43. The molecule has 123 valence electrons. The van der Waals surface area contributed by atoms with Crippen molar-refractivity contribution in [2.75, 3.05) is 6.54 Å². The molecular formula is C16H28BN2O3. The van der Waals surface area contributed by atoms with Crippen LogP contribution in [0.1, 0.15) is 60.3 Å². The monoisotopic (exact) mass is 307 g/mol. The Bertz CT molecular complexity index is 443. The van der Waals surface area contributed by atoms with Crippen molar-refractivity contribution in [2.45, 2.75) is 77.4 Å². The van der Waals surface area contributed by atoms with Gasteiger partial charge in [-0.3, -0.25) is 9.69 Å². The van der Waals surface area contributed by atoms with Crippen molar-refractivity contribution < 1.29 is 14.4 Å². The quantitative estimate of drug-likeness (QED) is 0.514. The Morgan fingerprint density at radius 2 is 1.95 bits per heavy atom. The largest absolute Gasteiger partial charge is 0.342 e. The SMILES string of the molecule is CCC(C)(N[B]C(=O)C(C)(CC)N1CCCC1C=O)C(C)=O. The Morgan fingerprint density at radius 3 is 2.41 bits per heavy atom. The molecule has 0 aromatic heterocycles. The van der Waals surface area contributed by atoms with Gasteiger partial charge in [0.2, 0.25) is 0 Å². The minimum Gasteiger partial charge on any atom is -0.342 e. The summed E-state index contributed by atoms with van der Waals surface area (Å²) in [5.41, 5.74) is -1.51. The van der Waals surface area contributed by atoms with Crippen LogP contribution in [0.5, 0.6) is 0 Å². The van der Waals surface area contributed by atoms with Gasteiger partial charge in [0.25, 0.3) is 7.41 Å². The molecule has 3 unspecified atom stereocenters. The van der Waals surface area contributed by atoms with Crippen LogP contribution in [0.2, 0.25) is 0 Å². The number of ketones is 1. The summed E-state index contributed by atoms with van der Waals surface area (Å²) in [6, 6.07) is -0.187. The van der Waals surface area contributed by atoms with E-state index in [1.165, 1.54) is 14.3 Å². The number of carbonyl (C=O) groups excluding carboxylic acids is 3. The number of aldehydes is 1. The Labute approximate surface area is 134 Å². The van der Waals surface area contributed by atoms with Crippen molar-refractivity contribution >= 4 is 25.2 Å². The molecule has 1 saturated heterocycles. The average molecular weight is 307 g/mol. The standard InChI is InChI=1S/C16H28BN2O3/c1-6-15(4,12(3)21)18-17-14(22)16(5,7-2)19-10-8-9-13(19)11-20/h11,13,18H,6-10H2,1-5H3. The molecule has 0 saturated carbocycles. The normalized spacial score (nSPS) is 24.3. The minimum atomic E-state index is -0.723. The summed E-state index contributed by atoms with van der Waals surface area (Å²) in [6.45, 7) is 9.82. The lowest BCUT2D eigenvalue weighted by Crippen LogP contribution is -2.60.